The molecule has 0 aliphatic rings. The first-order valence-electron chi connectivity index (χ1n) is 5.48. The lowest BCUT2D eigenvalue weighted by Gasteiger charge is -2.08. The number of carbonyl (C=O) groups excluding carboxylic acids is 2. The second kappa shape index (κ2) is 7.63. The zero-order chi connectivity index (χ0) is 14.3. The van der Waals surface area contributed by atoms with Crippen LogP contribution in [0.1, 0.15) is 5.56 Å². The largest absolute Gasteiger partial charge is 0.496 e. The number of benzene rings is 1. The van der Waals surface area contributed by atoms with Gasteiger partial charge in [-0.05, 0) is 18.2 Å². The summed E-state index contributed by atoms with van der Waals surface area (Å²) in [6, 6.07) is 3.66. The molecule has 0 fully saturated rings. The number of urea groups is 1. The van der Waals surface area contributed by atoms with E-state index < -0.39 is 11.9 Å². The standard InChI is InChI=1S/C12H15FN2O3S/c1-14-12(17)15-11(16)7-19-6-8-5-9(13)3-4-10(8)18-2/h3-5H,6-7H2,1-2H3,(H2,14,15,16,17). The smallest absolute Gasteiger partial charge is 0.321 e. The Morgan fingerprint density at radius 3 is 2.79 bits per heavy atom. The Morgan fingerprint density at radius 1 is 1.42 bits per heavy atom. The van der Waals surface area contributed by atoms with Gasteiger partial charge in [-0.25, -0.2) is 9.18 Å². The molecule has 104 valence electrons. The molecule has 0 atom stereocenters. The van der Waals surface area contributed by atoms with Crippen molar-refractivity contribution >= 4 is 23.7 Å². The van der Waals surface area contributed by atoms with Crippen LogP contribution >= 0.6 is 11.8 Å². The van der Waals surface area contributed by atoms with Crippen LogP contribution in [0.25, 0.3) is 0 Å². The third kappa shape index (κ3) is 5.17. The van der Waals surface area contributed by atoms with Gasteiger partial charge in [0.15, 0.2) is 0 Å². The van der Waals surface area contributed by atoms with Crippen molar-refractivity contribution in [2.75, 3.05) is 19.9 Å². The zero-order valence-electron chi connectivity index (χ0n) is 10.7. The number of ether oxygens (including phenoxy) is 1. The summed E-state index contributed by atoms with van der Waals surface area (Å²) in [5, 5.41) is 4.42. The van der Waals surface area contributed by atoms with Gasteiger partial charge < -0.3 is 10.1 Å². The van der Waals surface area contributed by atoms with E-state index in [1.165, 1.54) is 44.1 Å². The molecule has 0 spiro atoms. The number of thioether (sulfide) groups is 1. The van der Waals surface area contributed by atoms with Crippen LogP contribution in [-0.4, -0.2) is 31.8 Å². The predicted octanol–water partition coefficient (Wildman–Crippen LogP) is 1.52. The summed E-state index contributed by atoms with van der Waals surface area (Å²) in [5.74, 6) is 0.335. The van der Waals surface area contributed by atoms with E-state index in [0.29, 0.717) is 17.1 Å². The molecule has 0 unspecified atom stereocenters. The number of rotatable bonds is 5. The Bertz CT molecular complexity index is 468. The second-order valence-corrected chi connectivity index (χ2v) is 4.56. The molecule has 0 aromatic heterocycles. The molecule has 2 N–H and O–H groups in total. The molecule has 0 aliphatic heterocycles. The number of amides is 3. The van der Waals surface area contributed by atoms with Gasteiger partial charge in [-0.1, -0.05) is 0 Å². The van der Waals surface area contributed by atoms with E-state index in [1.807, 2.05) is 0 Å². The summed E-state index contributed by atoms with van der Waals surface area (Å²) >= 11 is 1.27. The lowest BCUT2D eigenvalue weighted by molar-refractivity contribution is -0.117. The Labute approximate surface area is 114 Å². The fraction of sp³-hybridized carbons (Fsp3) is 0.333. The van der Waals surface area contributed by atoms with Crippen molar-refractivity contribution in [2.45, 2.75) is 5.75 Å². The maximum absolute atomic E-state index is 13.1. The van der Waals surface area contributed by atoms with Gasteiger partial charge in [-0.15, -0.1) is 11.8 Å². The number of halogens is 1. The molecule has 1 aromatic rings. The van der Waals surface area contributed by atoms with Gasteiger partial charge in [0, 0.05) is 18.4 Å². The van der Waals surface area contributed by atoms with Gasteiger partial charge in [0.25, 0.3) is 0 Å². The number of nitrogens with one attached hydrogen (secondary N) is 2. The third-order valence-corrected chi connectivity index (χ3v) is 3.19. The van der Waals surface area contributed by atoms with Crippen LogP contribution in [0.5, 0.6) is 5.75 Å². The summed E-state index contributed by atoms with van der Waals surface area (Å²) in [6.45, 7) is 0. The molecular weight excluding hydrogens is 271 g/mol. The number of imide groups is 1. The van der Waals surface area contributed by atoms with Gasteiger partial charge in [0.1, 0.15) is 11.6 Å². The summed E-state index contributed by atoms with van der Waals surface area (Å²) in [5.41, 5.74) is 0.667. The second-order valence-electron chi connectivity index (χ2n) is 3.58. The predicted molar refractivity (Wildman–Crippen MR) is 71.7 cm³/mol. The zero-order valence-corrected chi connectivity index (χ0v) is 11.5. The van der Waals surface area contributed by atoms with Gasteiger partial charge in [0.2, 0.25) is 5.91 Å². The normalized spacial score (nSPS) is 9.84. The van der Waals surface area contributed by atoms with Gasteiger partial charge in [0.05, 0.1) is 12.9 Å². The molecule has 7 heteroatoms. The highest BCUT2D eigenvalue weighted by Gasteiger charge is 2.08. The van der Waals surface area contributed by atoms with E-state index in [1.54, 1.807) is 0 Å². The van der Waals surface area contributed by atoms with Gasteiger partial charge in [-0.2, -0.15) is 0 Å². The minimum Gasteiger partial charge on any atom is -0.496 e. The Kier molecular flexibility index (Phi) is 6.14. The summed E-state index contributed by atoms with van der Waals surface area (Å²) < 4.78 is 18.2. The van der Waals surface area contributed by atoms with Crippen LogP contribution in [0.4, 0.5) is 9.18 Å². The van der Waals surface area contributed by atoms with Crippen LogP contribution in [0.3, 0.4) is 0 Å². The van der Waals surface area contributed by atoms with Crippen molar-refractivity contribution in [3.63, 3.8) is 0 Å². The fourth-order valence-corrected chi connectivity index (χ4v) is 2.14. The molecule has 0 bridgehead atoms. The maximum atomic E-state index is 13.1. The van der Waals surface area contributed by atoms with Crippen molar-refractivity contribution in [2.24, 2.45) is 0 Å². The van der Waals surface area contributed by atoms with Gasteiger partial charge >= 0.3 is 6.03 Å². The molecule has 1 aromatic carbocycles. The first-order chi connectivity index (χ1) is 9.06. The van der Waals surface area contributed by atoms with Crippen LogP contribution < -0.4 is 15.4 Å². The fourth-order valence-electron chi connectivity index (χ4n) is 1.34. The third-order valence-electron chi connectivity index (χ3n) is 2.21. The van der Waals surface area contributed by atoms with E-state index in [-0.39, 0.29) is 11.6 Å². The molecule has 0 saturated heterocycles. The molecule has 3 amide bonds. The van der Waals surface area contributed by atoms with Gasteiger partial charge in [-0.3, -0.25) is 10.1 Å². The topological polar surface area (TPSA) is 67.4 Å². The number of hydrogen-bond donors (Lipinski definition) is 2. The number of carbonyl (C=O) groups is 2. The maximum Gasteiger partial charge on any atom is 0.321 e. The molecule has 0 aliphatic carbocycles. The summed E-state index contributed by atoms with van der Waals surface area (Å²) in [4.78, 5) is 22.2. The van der Waals surface area contributed by atoms with Crippen LogP contribution in [0.15, 0.2) is 18.2 Å². The van der Waals surface area contributed by atoms with Crippen LogP contribution in [0.2, 0.25) is 0 Å². The number of methoxy groups -OCH3 is 1. The molecule has 0 saturated carbocycles. The molecule has 19 heavy (non-hydrogen) atoms. The van der Waals surface area contributed by atoms with E-state index >= 15 is 0 Å². The average Bonchev–Trinajstić information content (AvgIpc) is 2.38. The van der Waals surface area contributed by atoms with Crippen molar-refractivity contribution in [3.05, 3.63) is 29.6 Å². The molecular formula is C12H15FN2O3S. The van der Waals surface area contributed by atoms with Crippen LogP contribution in [-0.2, 0) is 10.5 Å². The van der Waals surface area contributed by atoms with E-state index in [4.69, 9.17) is 4.74 Å². The van der Waals surface area contributed by atoms with Crippen molar-refractivity contribution in [1.29, 1.82) is 0 Å². The highest BCUT2D eigenvalue weighted by molar-refractivity contribution is 7.99. The Morgan fingerprint density at radius 2 is 2.16 bits per heavy atom. The lowest BCUT2D eigenvalue weighted by Crippen LogP contribution is -2.38. The Hall–Kier alpha value is -1.76. The van der Waals surface area contributed by atoms with E-state index in [9.17, 15) is 14.0 Å². The molecule has 5 nitrogen and oxygen atoms in total. The van der Waals surface area contributed by atoms with Crippen molar-refractivity contribution in [1.82, 2.24) is 10.6 Å². The SMILES string of the molecule is CNC(=O)NC(=O)CSCc1cc(F)ccc1OC. The molecule has 1 rings (SSSR count). The summed E-state index contributed by atoms with van der Waals surface area (Å²) in [7, 11) is 2.92. The highest BCUT2D eigenvalue weighted by Crippen LogP contribution is 2.23. The number of hydrogen-bond acceptors (Lipinski definition) is 4. The minimum absolute atomic E-state index is 0.104. The Balaban J connectivity index is 2.47. The quantitative estimate of drug-likeness (QED) is 0.861. The van der Waals surface area contributed by atoms with E-state index in [0.717, 1.165) is 0 Å². The molecule has 0 heterocycles. The van der Waals surface area contributed by atoms with Crippen LogP contribution in [0, 0.1) is 5.82 Å². The lowest BCUT2D eigenvalue weighted by atomic mass is 10.2. The van der Waals surface area contributed by atoms with Crippen molar-refractivity contribution < 1.29 is 18.7 Å². The monoisotopic (exact) mass is 286 g/mol. The molecule has 0 radical (unpaired) electrons. The highest BCUT2D eigenvalue weighted by atomic mass is 32.2. The van der Waals surface area contributed by atoms with Crippen molar-refractivity contribution in [3.8, 4) is 5.75 Å². The van der Waals surface area contributed by atoms with E-state index in [2.05, 4.69) is 10.6 Å². The average molecular weight is 286 g/mol. The first kappa shape index (κ1) is 15.3. The summed E-state index contributed by atoms with van der Waals surface area (Å²) in [6.07, 6.45) is 0. The first-order valence-corrected chi connectivity index (χ1v) is 6.64. The minimum atomic E-state index is -0.547.